The fourth-order valence-corrected chi connectivity index (χ4v) is 1.04. The standard InChI is InChI=1S/C12H15N2O4/c1-2-3-9-17-11(15)13-14-12(16)18-10-7-5-4-6-8-10/h4-8H,2-3,9H2,1H3,(H,13,15). The molecule has 1 N–H and O–H groups in total. The van der Waals surface area contributed by atoms with Gasteiger partial charge in [-0.2, -0.15) is 0 Å². The number of ether oxygens (including phenoxy) is 2. The SMILES string of the molecule is CCCCOC(=O)N[N]C(=O)Oc1ccccc1. The molecule has 0 saturated heterocycles. The Hall–Kier alpha value is -2.24. The number of benzene rings is 1. The van der Waals surface area contributed by atoms with E-state index < -0.39 is 12.2 Å². The van der Waals surface area contributed by atoms with Crippen LogP contribution in [0.15, 0.2) is 30.3 Å². The molecule has 97 valence electrons. The predicted molar refractivity (Wildman–Crippen MR) is 64.0 cm³/mol. The van der Waals surface area contributed by atoms with E-state index in [9.17, 15) is 9.59 Å². The summed E-state index contributed by atoms with van der Waals surface area (Å²) in [4.78, 5) is 22.2. The number of carbonyl (C=O) groups excluding carboxylic acids is 2. The van der Waals surface area contributed by atoms with E-state index in [1.165, 1.54) is 0 Å². The second kappa shape index (κ2) is 7.94. The minimum Gasteiger partial charge on any atom is -0.448 e. The lowest BCUT2D eigenvalue weighted by molar-refractivity contribution is 0.136. The van der Waals surface area contributed by atoms with Gasteiger partial charge in [0.1, 0.15) is 5.75 Å². The van der Waals surface area contributed by atoms with E-state index in [-0.39, 0.29) is 0 Å². The minimum atomic E-state index is -0.909. The summed E-state index contributed by atoms with van der Waals surface area (Å²) < 4.78 is 9.55. The van der Waals surface area contributed by atoms with E-state index in [1.807, 2.05) is 12.3 Å². The van der Waals surface area contributed by atoms with Crippen LogP contribution in [-0.2, 0) is 4.74 Å². The maximum atomic E-state index is 11.2. The van der Waals surface area contributed by atoms with E-state index >= 15 is 0 Å². The van der Waals surface area contributed by atoms with E-state index in [1.54, 1.807) is 30.3 Å². The maximum absolute atomic E-state index is 11.2. The molecule has 0 unspecified atom stereocenters. The molecule has 0 aliphatic rings. The zero-order valence-corrected chi connectivity index (χ0v) is 10.1. The third-order valence-corrected chi connectivity index (χ3v) is 1.92. The van der Waals surface area contributed by atoms with Crippen LogP contribution in [0, 0.1) is 0 Å². The van der Waals surface area contributed by atoms with Crippen molar-refractivity contribution in [2.75, 3.05) is 6.61 Å². The highest BCUT2D eigenvalue weighted by Gasteiger charge is 2.09. The van der Waals surface area contributed by atoms with E-state index in [0.29, 0.717) is 12.4 Å². The van der Waals surface area contributed by atoms with E-state index in [4.69, 9.17) is 9.47 Å². The molecule has 0 atom stereocenters. The van der Waals surface area contributed by atoms with Gasteiger partial charge in [-0.25, -0.2) is 15.0 Å². The maximum Gasteiger partial charge on any atom is 0.456 e. The number of carbonyl (C=O) groups is 2. The molecular weight excluding hydrogens is 236 g/mol. The molecule has 1 rings (SSSR count). The smallest absolute Gasteiger partial charge is 0.448 e. The lowest BCUT2D eigenvalue weighted by Crippen LogP contribution is -2.37. The van der Waals surface area contributed by atoms with Gasteiger partial charge in [0, 0.05) is 0 Å². The second-order valence-electron chi connectivity index (χ2n) is 3.39. The van der Waals surface area contributed by atoms with Gasteiger partial charge in [0.05, 0.1) is 6.61 Å². The van der Waals surface area contributed by atoms with E-state index in [0.717, 1.165) is 12.8 Å². The van der Waals surface area contributed by atoms with Crippen molar-refractivity contribution in [3.05, 3.63) is 30.3 Å². The number of para-hydroxylation sites is 1. The van der Waals surface area contributed by atoms with Crippen molar-refractivity contribution in [1.29, 1.82) is 0 Å². The van der Waals surface area contributed by atoms with Crippen LogP contribution < -0.4 is 15.6 Å². The van der Waals surface area contributed by atoms with Gasteiger partial charge in [-0.3, -0.25) is 0 Å². The minimum absolute atomic E-state index is 0.297. The van der Waals surface area contributed by atoms with Crippen LogP contribution in [0.4, 0.5) is 9.59 Å². The summed E-state index contributed by atoms with van der Waals surface area (Å²) in [5, 5.41) is 0. The van der Waals surface area contributed by atoms with Crippen molar-refractivity contribution < 1.29 is 19.1 Å². The molecule has 1 aromatic rings. The van der Waals surface area contributed by atoms with Crippen molar-refractivity contribution in [3.8, 4) is 5.75 Å². The molecular formula is C12H15N2O4. The number of amides is 2. The van der Waals surface area contributed by atoms with Crippen LogP contribution >= 0.6 is 0 Å². The summed E-state index contributed by atoms with van der Waals surface area (Å²) in [6.07, 6.45) is 0.00428. The number of nitrogens with one attached hydrogen (secondary N) is 1. The van der Waals surface area contributed by atoms with Crippen molar-refractivity contribution in [2.45, 2.75) is 19.8 Å². The molecule has 0 aliphatic heterocycles. The van der Waals surface area contributed by atoms with Gasteiger partial charge >= 0.3 is 12.2 Å². The van der Waals surface area contributed by atoms with Gasteiger partial charge in [0.15, 0.2) is 0 Å². The first kappa shape index (κ1) is 13.8. The largest absolute Gasteiger partial charge is 0.456 e. The Balaban J connectivity index is 2.19. The zero-order chi connectivity index (χ0) is 13.2. The second-order valence-corrected chi connectivity index (χ2v) is 3.39. The third kappa shape index (κ3) is 5.74. The number of hydrogen-bond acceptors (Lipinski definition) is 4. The first-order valence-corrected chi connectivity index (χ1v) is 5.62. The fraction of sp³-hybridized carbons (Fsp3) is 0.333. The summed E-state index contributed by atoms with van der Waals surface area (Å²) >= 11 is 0. The summed E-state index contributed by atoms with van der Waals surface area (Å²) in [5.41, 5.74) is 5.16. The molecule has 1 aromatic carbocycles. The Morgan fingerprint density at radius 1 is 1.28 bits per heavy atom. The van der Waals surface area contributed by atoms with Crippen molar-refractivity contribution in [1.82, 2.24) is 10.9 Å². The van der Waals surface area contributed by atoms with Gasteiger partial charge in [-0.15, -0.1) is 0 Å². The highest BCUT2D eigenvalue weighted by Crippen LogP contribution is 2.07. The highest BCUT2D eigenvalue weighted by molar-refractivity contribution is 5.74. The molecule has 1 radical (unpaired) electrons. The molecule has 0 bridgehead atoms. The van der Waals surface area contributed by atoms with Crippen molar-refractivity contribution in [2.24, 2.45) is 0 Å². The molecule has 0 aromatic heterocycles. The highest BCUT2D eigenvalue weighted by atomic mass is 16.6. The zero-order valence-electron chi connectivity index (χ0n) is 10.1. The van der Waals surface area contributed by atoms with Gasteiger partial charge in [0.2, 0.25) is 0 Å². The molecule has 0 saturated carbocycles. The summed E-state index contributed by atoms with van der Waals surface area (Å²) in [6, 6.07) is 8.43. The van der Waals surface area contributed by atoms with Gasteiger partial charge in [0.25, 0.3) is 0 Å². The van der Waals surface area contributed by atoms with E-state index in [2.05, 4.69) is 5.43 Å². The van der Waals surface area contributed by atoms with Crippen LogP contribution in [0.2, 0.25) is 0 Å². The summed E-state index contributed by atoms with van der Waals surface area (Å²) in [6.45, 7) is 2.27. The van der Waals surface area contributed by atoms with Crippen LogP contribution in [0.3, 0.4) is 0 Å². The predicted octanol–water partition coefficient (Wildman–Crippen LogP) is 2.23. The Kier molecular flexibility index (Phi) is 6.10. The Bertz CT molecular complexity index is 381. The van der Waals surface area contributed by atoms with Gasteiger partial charge < -0.3 is 9.47 Å². The fourth-order valence-electron chi connectivity index (χ4n) is 1.04. The Labute approximate surface area is 105 Å². The monoisotopic (exact) mass is 251 g/mol. The van der Waals surface area contributed by atoms with Gasteiger partial charge in [-0.05, 0) is 18.6 Å². The normalized spacial score (nSPS) is 9.39. The first-order chi connectivity index (χ1) is 8.72. The number of nitrogens with zero attached hydrogens (tertiary/aromatic N) is 1. The first-order valence-electron chi connectivity index (χ1n) is 5.62. The van der Waals surface area contributed by atoms with Gasteiger partial charge in [-0.1, -0.05) is 37.0 Å². The quantitative estimate of drug-likeness (QED) is 0.657. The lowest BCUT2D eigenvalue weighted by atomic mass is 10.3. The third-order valence-electron chi connectivity index (χ3n) is 1.92. The topological polar surface area (TPSA) is 78.7 Å². The molecule has 0 spiro atoms. The molecule has 0 fully saturated rings. The molecule has 2 amide bonds. The number of hydrogen-bond donors (Lipinski definition) is 1. The molecule has 6 nitrogen and oxygen atoms in total. The average molecular weight is 251 g/mol. The molecule has 6 heteroatoms. The Morgan fingerprint density at radius 2 is 2.00 bits per heavy atom. The molecule has 0 aliphatic carbocycles. The number of rotatable bonds is 4. The summed E-state index contributed by atoms with van der Waals surface area (Å²) in [5.74, 6) is 0.354. The Morgan fingerprint density at radius 3 is 2.67 bits per heavy atom. The average Bonchev–Trinajstić information content (AvgIpc) is 2.38. The van der Waals surface area contributed by atoms with Crippen LogP contribution in [0.1, 0.15) is 19.8 Å². The lowest BCUT2D eigenvalue weighted by Gasteiger charge is -2.05. The molecule has 18 heavy (non-hydrogen) atoms. The van der Waals surface area contributed by atoms with Crippen LogP contribution in [0.5, 0.6) is 5.75 Å². The number of unbranched alkanes of at least 4 members (excludes halogenated alkanes) is 1. The summed E-state index contributed by atoms with van der Waals surface area (Å²) in [7, 11) is 0. The van der Waals surface area contributed by atoms with Crippen LogP contribution in [-0.4, -0.2) is 18.8 Å². The van der Waals surface area contributed by atoms with Crippen molar-refractivity contribution in [3.63, 3.8) is 0 Å². The molecule has 0 heterocycles. The van der Waals surface area contributed by atoms with Crippen LogP contribution in [0.25, 0.3) is 0 Å². The van der Waals surface area contributed by atoms with Crippen molar-refractivity contribution >= 4 is 12.2 Å².